The maximum absolute atomic E-state index is 13.8. The molecule has 0 aromatic rings. The van der Waals surface area contributed by atoms with E-state index in [1.807, 2.05) is 41.5 Å². The van der Waals surface area contributed by atoms with Crippen molar-refractivity contribution < 1.29 is 28.7 Å². The summed E-state index contributed by atoms with van der Waals surface area (Å²) in [5, 5.41) is 5.41. The van der Waals surface area contributed by atoms with Crippen molar-refractivity contribution in [1.82, 2.24) is 15.5 Å². The highest BCUT2D eigenvalue weighted by atomic mass is 16.6. The van der Waals surface area contributed by atoms with Crippen LogP contribution in [0.4, 0.5) is 4.79 Å². The minimum atomic E-state index is -1.10. The zero-order chi connectivity index (χ0) is 27.8. The number of hydrogen-bond acceptors (Lipinski definition) is 6. The third kappa shape index (κ3) is 6.56. The number of fused-ring (bicyclic) bond motifs is 1. The van der Waals surface area contributed by atoms with Gasteiger partial charge in [0.25, 0.3) is 5.91 Å². The summed E-state index contributed by atoms with van der Waals surface area (Å²) in [6.07, 6.45) is 0.967. The standard InChI is InChI=1S/C26H44N4O6/c1-10-11-12-15(18(31)20(27)32)28-21(33)17-16-14(26(16,8)9)13-30(17)22(34)19(24(2,3)4)29-23(35)36-25(5,6)7/h14-17,19H,10-13H2,1-9H3,(H2,27,32)(H,28,33)(H,29,35)/t14-,15?,16-,17-,19+/m0/s1. The second kappa shape index (κ2) is 10.4. The Hall–Kier alpha value is -2.65. The number of primary amides is 1. The summed E-state index contributed by atoms with van der Waals surface area (Å²) in [5.41, 5.74) is 3.66. The first-order valence-corrected chi connectivity index (χ1v) is 12.8. The van der Waals surface area contributed by atoms with E-state index in [0.29, 0.717) is 13.0 Å². The maximum atomic E-state index is 13.8. The number of carbonyl (C=O) groups excluding carboxylic acids is 5. The largest absolute Gasteiger partial charge is 0.444 e. The molecule has 1 heterocycles. The number of Topliss-reactive ketones (excluding diaryl/α,β-unsaturated/α-hetero) is 1. The van der Waals surface area contributed by atoms with Crippen LogP contribution in [0, 0.1) is 22.7 Å². The molecule has 2 rings (SSSR count). The Morgan fingerprint density at radius 2 is 1.64 bits per heavy atom. The third-order valence-electron chi connectivity index (χ3n) is 7.26. The smallest absolute Gasteiger partial charge is 0.408 e. The van der Waals surface area contributed by atoms with Crippen LogP contribution in [0.1, 0.15) is 81.6 Å². The number of hydrogen-bond donors (Lipinski definition) is 3. The van der Waals surface area contributed by atoms with E-state index in [-0.39, 0.29) is 29.6 Å². The summed E-state index contributed by atoms with van der Waals surface area (Å²) in [5.74, 6) is -2.81. The van der Waals surface area contributed by atoms with E-state index in [4.69, 9.17) is 10.5 Å². The Morgan fingerprint density at radius 1 is 1.06 bits per heavy atom. The summed E-state index contributed by atoms with van der Waals surface area (Å²) >= 11 is 0. The monoisotopic (exact) mass is 508 g/mol. The molecule has 0 bridgehead atoms. The molecule has 4 N–H and O–H groups in total. The van der Waals surface area contributed by atoms with Crippen molar-refractivity contribution in [2.75, 3.05) is 6.54 Å². The quantitative estimate of drug-likeness (QED) is 0.407. The first-order chi connectivity index (χ1) is 16.3. The number of nitrogens with zero attached hydrogens (tertiary/aromatic N) is 1. The lowest BCUT2D eigenvalue weighted by molar-refractivity contribution is -0.145. The average Bonchev–Trinajstić information content (AvgIpc) is 3.07. The Kier molecular flexibility index (Phi) is 8.53. The zero-order valence-electron chi connectivity index (χ0n) is 23.2. The van der Waals surface area contributed by atoms with Gasteiger partial charge >= 0.3 is 6.09 Å². The van der Waals surface area contributed by atoms with Gasteiger partial charge in [0.1, 0.15) is 17.7 Å². The molecular formula is C26H44N4O6. The van der Waals surface area contributed by atoms with Gasteiger partial charge in [0.05, 0.1) is 6.04 Å². The van der Waals surface area contributed by atoms with E-state index in [1.54, 1.807) is 20.8 Å². The van der Waals surface area contributed by atoms with E-state index in [9.17, 15) is 24.0 Å². The van der Waals surface area contributed by atoms with Gasteiger partial charge in [0.2, 0.25) is 17.6 Å². The number of likely N-dealkylation sites (tertiary alicyclic amines) is 1. The zero-order valence-corrected chi connectivity index (χ0v) is 23.2. The molecule has 1 aliphatic heterocycles. The lowest BCUT2D eigenvalue weighted by Gasteiger charge is -2.38. The molecule has 204 valence electrons. The minimum absolute atomic E-state index is 0.0981. The second-order valence-electron chi connectivity index (χ2n) is 12.8. The van der Waals surface area contributed by atoms with Gasteiger partial charge in [-0.05, 0) is 49.9 Å². The van der Waals surface area contributed by atoms with Crippen LogP contribution in [0.5, 0.6) is 0 Å². The van der Waals surface area contributed by atoms with E-state index in [0.717, 1.165) is 6.42 Å². The summed E-state index contributed by atoms with van der Waals surface area (Å²) in [4.78, 5) is 65.4. The predicted molar refractivity (Wildman–Crippen MR) is 135 cm³/mol. The van der Waals surface area contributed by atoms with Gasteiger partial charge < -0.3 is 26.0 Å². The van der Waals surface area contributed by atoms with E-state index in [1.165, 1.54) is 4.90 Å². The molecule has 36 heavy (non-hydrogen) atoms. The number of alkyl carbamates (subject to hydrolysis) is 1. The highest BCUT2D eigenvalue weighted by molar-refractivity contribution is 6.37. The molecule has 10 heteroatoms. The summed E-state index contributed by atoms with van der Waals surface area (Å²) in [7, 11) is 0. The van der Waals surface area contributed by atoms with Crippen LogP contribution in [0.3, 0.4) is 0 Å². The van der Waals surface area contributed by atoms with Gasteiger partial charge in [0, 0.05) is 6.54 Å². The van der Waals surface area contributed by atoms with Crippen LogP contribution in [0.25, 0.3) is 0 Å². The highest BCUT2D eigenvalue weighted by Gasteiger charge is 2.69. The first-order valence-electron chi connectivity index (χ1n) is 12.8. The molecule has 2 aliphatic rings. The molecular weight excluding hydrogens is 464 g/mol. The van der Waals surface area contributed by atoms with Gasteiger partial charge in [-0.1, -0.05) is 54.4 Å². The molecule has 1 saturated carbocycles. The number of nitrogens with one attached hydrogen (secondary N) is 2. The van der Waals surface area contributed by atoms with Crippen LogP contribution in [-0.4, -0.2) is 64.8 Å². The predicted octanol–water partition coefficient (Wildman–Crippen LogP) is 2.14. The number of carbonyl (C=O) groups is 5. The van der Waals surface area contributed by atoms with Crippen molar-refractivity contribution in [1.29, 1.82) is 0 Å². The molecule has 0 aromatic heterocycles. The lowest BCUT2D eigenvalue weighted by atomic mass is 9.85. The molecule has 1 aliphatic carbocycles. The average molecular weight is 509 g/mol. The second-order valence-corrected chi connectivity index (χ2v) is 12.8. The Bertz CT molecular complexity index is 901. The fraction of sp³-hybridized carbons (Fsp3) is 0.808. The van der Waals surface area contributed by atoms with Crippen molar-refractivity contribution in [2.24, 2.45) is 28.4 Å². The van der Waals surface area contributed by atoms with Crippen molar-refractivity contribution >= 4 is 29.6 Å². The Balaban J connectivity index is 2.31. The molecule has 4 amide bonds. The van der Waals surface area contributed by atoms with Crippen LogP contribution in [0.15, 0.2) is 0 Å². The minimum Gasteiger partial charge on any atom is -0.444 e. The van der Waals surface area contributed by atoms with Crippen LogP contribution < -0.4 is 16.4 Å². The Morgan fingerprint density at radius 3 is 2.11 bits per heavy atom. The number of rotatable bonds is 9. The topological polar surface area (TPSA) is 148 Å². The number of ketones is 1. The first kappa shape index (κ1) is 29.6. The van der Waals surface area contributed by atoms with Crippen LogP contribution in [-0.2, 0) is 23.9 Å². The van der Waals surface area contributed by atoms with Gasteiger partial charge in [-0.15, -0.1) is 0 Å². The highest BCUT2D eigenvalue weighted by Crippen LogP contribution is 2.65. The van der Waals surface area contributed by atoms with Crippen LogP contribution >= 0.6 is 0 Å². The maximum Gasteiger partial charge on any atom is 0.408 e. The fourth-order valence-corrected chi connectivity index (χ4v) is 5.16. The molecule has 2 fully saturated rings. The molecule has 1 unspecified atom stereocenters. The van der Waals surface area contributed by atoms with Crippen molar-refractivity contribution in [2.45, 2.75) is 105 Å². The summed E-state index contributed by atoms with van der Waals surface area (Å²) in [6, 6.07) is -2.80. The van der Waals surface area contributed by atoms with Crippen molar-refractivity contribution in [3.63, 3.8) is 0 Å². The third-order valence-corrected chi connectivity index (χ3v) is 7.26. The number of amides is 4. The van der Waals surface area contributed by atoms with Gasteiger partial charge in [-0.25, -0.2) is 4.79 Å². The summed E-state index contributed by atoms with van der Waals surface area (Å²) < 4.78 is 5.37. The number of ether oxygens (including phenoxy) is 1. The molecule has 1 saturated heterocycles. The van der Waals surface area contributed by atoms with Crippen molar-refractivity contribution in [3.8, 4) is 0 Å². The molecule has 10 nitrogen and oxygen atoms in total. The Labute approximate surface area is 214 Å². The SMILES string of the molecule is CCCCC(NC(=O)[C@@H]1[C@@H]2[C@H](CN1C(=O)[C@@H](NC(=O)OC(C)(C)C)C(C)(C)C)C2(C)C)C(=O)C(N)=O. The van der Waals surface area contributed by atoms with Gasteiger partial charge in [-0.3, -0.25) is 19.2 Å². The van der Waals surface area contributed by atoms with E-state index < -0.39 is 52.8 Å². The molecule has 0 aromatic carbocycles. The number of nitrogens with two attached hydrogens (primary N) is 1. The fourth-order valence-electron chi connectivity index (χ4n) is 5.16. The lowest BCUT2D eigenvalue weighted by Crippen LogP contribution is -2.60. The number of unbranched alkanes of at least 4 members (excludes halogenated alkanes) is 1. The van der Waals surface area contributed by atoms with Gasteiger partial charge in [0.15, 0.2) is 0 Å². The van der Waals surface area contributed by atoms with Gasteiger partial charge in [-0.2, -0.15) is 0 Å². The molecule has 0 spiro atoms. The van der Waals surface area contributed by atoms with E-state index >= 15 is 0 Å². The van der Waals surface area contributed by atoms with E-state index in [2.05, 4.69) is 10.6 Å². The molecule has 5 atom stereocenters. The number of piperidine rings is 1. The molecule has 0 radical (unpaired) electrons. The van der Waals surface area contributed by atoms with Crippen LogP contribution in [0.2, 0.25) is 0 Å². The summed E-state index contributed by atoms with van der Waals surface area (Å²) in [6.45, 7) is 17.1. The normalized spacial score (nSPS) is 24.2. The van der Waals surface area contributed by atoms with Crippen molar-refractivity contribution in [3.05, 3.63) is 0 Å².